The third-order valence-corrected chi connectivity index (χ3v) is 4.79. The first-order valence-electron chi connectivity index (χ1n) is 9.01. The van der Waals surface area contributed by atoms with Crippen LogP contribution in [0.3, 0.4) is 0 Å². The second-order valence-corrected chi connectivity index (χ2v) is 6.54. The number of methoxy groups -OCH3 is 1. The number of nitrogens with one attached hydrogen (secondary N) is 2. The van der Waals surface area contributed by atoms with E-state index in [-0.39, 0.29) is 11.9 Å². The molecule has 1 aliphatic rings. The van der Waals surface area contributed by atoms with Gasteiger partial charge in [0.05, 0.1) is 41.1 Å². The molecule has 0 amide bonds. The molecule has 0 aromatic heterocycles. The molecule has 28 heavy (non-hydrogen) atoms. The Labute approximate surface area is 163 Å². The second-order valence-electron chi connectivity index (χ2n) is 6.54. The van der Waals surface area contributed by atoms with Crippen molar-refractivity contribution in [2.24, 2.45) is 0 Å². The molecule has 0 fully saturated rings. The van der Waals surface area contributed by atoms with Gasteiger partial charge in [-0.05, 0) is 43.3 Å². The number of ether oxygens (including phenoxy) is 1. The number of hydrogen-bond donors (Lipinski definition) is 3. The van der Waals surface area contributed by atoms with Crippen LogP contribution < -0.4 is 15.5 Å². The number of benzene rings is 3. The number of rotatable bonds is 4. The quantitative estimate of drug-likeness (QED) is 0.448. The number of aromatic hydroxyl groups is 1. The Morgan fingerprint density at radius 2 is 1.75 bits per heavy atom. The van der Waals surface area contributed by atoms with E-state index in [0.29, 0.717) is 16.9 Å². The van der Waals surface area contributed by atoms with Gasteiger partial charge in [0.1, 0.15) is 11.9 Å². The van der Waals surface area contributed by atoms with Crippen molar-refractivity contribution in [1.29, 1.82) is 0 Å². The topological polar surface area (TPSA) is 73.8 Å². The lowest BCUT2D eigenvalue weighted by Crippen LogP contribution is -2.37. The molecule has 0 bridgehead atoms. The summed E-state index contributed by atoms with van der Waals surface area (Å²) in [5.74, 6) is -0.216. The molecule has 3 aromatic rings. The molecular formula is C22H21N3O3. The lowest BCUT2D eigenvalue weighted by Gasteiger charge is -2.39. The predicted octanol–water partition coefficient (Wildman–Crippen LogP) is 4.83. The fourth-order valence-electron chi connectivity index (χ4n) is 3.51. The van der Waals surface area contributed by atoms with Gasteiger partial charge in [-0.2, -0.15) is 0 Å². The summed E-state index contributed by atoms with van der Waals surface area (Å²) in [4.78, 5) is 14.4. The maximum atomic E-state index is 12.3. The summed E-state index contributed by atoms with van der Waals surface area (Å²) in [5.41, 5.74) is 4.49. The van der Waals surface area contributed by atoms with Gasteiger partial charge < -0.3 is 25.4 Å². The van der Waals surface area contributed by atoms with Crippen molar-refractivity contribution in [3.63, 3.8) is 0 Å². The molecule has 0 radical (unpaired) electrons. The summed E-state index contributed by atoms with van der Waals surface area (Å²) in [7, 11) is 1.37. The van der Waals surface area contributed by atoms with Crippen LogP contribution in [0.2, 0.25) is 0 Å². The van der Waals surface area contributed by atoms with Crippen molar-refractivity contribution in [2.45, 2.75) is 13.1 Å². The smallest absolute Gasteiger partial charge is 0.340 e. The fraction of sp³-hybridized carbons (Fsp3) is 0.136. The number of phenolic OH excluding ortho intramolecular Hbond substituents is 1. The first kappa shape index (κ1) is 17.7. The Hall–Kier alpha value is -3.67. The van der Waals surface area contributed by atoms with Crippen molar-refractivity contribution in [2.75, 3.05) is 22.6 Å². The number of nitrogens with zero attached hydrogens (tertiary/aromatic N) is 1. The van der Waals surface area contributed by atoms with Crippen LogP contribution >= 0.6 is 0 Å². The van der Waals surface area contributed by atoms with Crippen LogP contribution in [0.1, 0.15) is 17.3 Å². The Kier molecular flexibility index (Phi) is 4.53. The Morgan fingerprint density at radius 1 is 1.04 bits per heavy atom. The SMILES string of the molecule is COC(=O)c1cccc2c1Nc1ccccc1N2C(C)Nc1ccccc1O. The van der Waals surface area contributed by atoms with Crippen molar-refractivity contribution >= 4 is 34.4 Å². The highest BCUT2D eigenvalue weighted by Crippen LogP contribution is 2.46. The highest BCUT2D eigenvalue weighted by atomic mass is 16.5. The van der Waals surface area contributed by atoms with Crippen LogP contribution in [0.25, 0.3) is 0 Å². The van der Waals surface area contributed by atoms with E-state index < -0.39 is 5.97 Å². The summed E-state index contributed by atoms with van der Waals surface area (Å²) >= 11 is 0. The molecule has 0 saturated heterocycles. The van der Waals surface area contributed by atoms with Gasteiger partial charge >= 0.3 is 5.97 Å². The number of phenols is 1. The van der Waals surface area contributed by atoms with Crippen LogP contribution in [0.15, 0.2) is 66.7 Å². The van der Waals surface area contributed by atoms with Crippen molar-refractivity contribution in [3.05, 3.63) is 72.3 Å². The number of fused-ring (bicyclic) bond motifs is 2. The third-order valence-electron chi connectivity index (χ3n) is 4.79. The maximum Gasteiger partial charge on any atom is 0.340 e. The minimum Gasteiger partial charge on any atom is -0.506 e. The first-order chi connectivity index (χ1) is 13.6. The van der Waals surface area contributed by atoms with Gasteiger partial charge in [0, 0.05) is 0 Å². The zero-order valence-corrected chi connectivity index (χ0v) is 15.6. The molecule has 0 aliphatic carbocycles. The zero-order valence-electron chi connectivity index (χ0n) is 15.6. The molecule has 4 rings (SSSR count). The van der Waals surface area contributed by atoms with Gasteiger partial charge in [-0.15, -0.1) is 0 Å². The summed E-state index contributed by atoms with van der Waals surface area (Å²) in [6, 6.07) is 20.5. The van der Waals surface area contributed by atoms with Crippen LogP contribution in [0.4, 0.5) is 28.4 Å². The van der Waals surface area contributed by atoms with Crippen molar-refractivity contribution in [3.8, 4) is 5.75 Å². The lowest BCUT2D eigenvalue weighted by molar-refractivity contribution is 0.0602. The van der Waals surface area contributed by atoms with E-state index in [4.69, 9.17) is 4.74 Å². The van der Waals surface area contributed by atoms with Gasteiger partial charge in [-0.25, -0.2) is 4.79 Å². The normalized spacial score (nSPS) is 13.0. The maximum absolute atomic E-state index is 12.3. The lowest BCUT2D eigenvalue weighted by atomic mass is 10.0. The molecule has 0 saturated carbocycles. The number of para-hydroxylation sites is 5. The monoisotopic (exact) mass is 375 g/mol. The van der Waals surface area contributed by atoms with Gasteiger partial charge in [0.15, 0.2) is 0 Å². The summed E-state index contributed by atoms with van der Waals surface area (Å²) in [6.07, 6.45) is -0.205. The van der Waals surface area contributed by atoms with Gasteiger partial charge in [-0.3, -0.25) is 0 Å². The summed E-state index contributed by atoms with van der Waals surface area (Å²) < 4.78 is 4.95. The largest absolute Gasteiger partial charge is 0.506 e. The van der Waals surface area contributed by atoms with E-state index in [1.165, 1.54) is 7.11 Å². The molecule has 1 atom stereocenters. The Bertz CT molecular complexity index is 1040. The van der Waals surface area contributed by atoms with Crippen LogP contribution in [0.5, 0.6) is 5.75 Å². The number of esters is 1. The molecule has 6 heteroatoms. The first-order valence-corrected chi connectivity index (χ1v) is 9.01. The van der Waals surface area contributed by atoms with E-state index in [2.05, 4.69) is 15.5 Å². The van der Waals surface area contributed by atoms with E-state index in [1.54, 1.807) is 18.2 Å². The minimum absolute atomic E-state index is 0.182. The standard InChI is InChI=1S/C22H21N3O3/c1-14(23-17-10-4-6-13-20(17)26)25-18-11-5-3-9-16(18)24-21-15(22(27)28-2)8-7-12-19(21)25/h3-14,23-24,26H,1-2H3. The van der Waals surface area contributed by atoms with Crippen molar-refractivity contribution < 1.29 is 14.6 Å². The second kappa shape index (κ2) is 7.15. The molecule has 142 valence electrons. The molecular weight excluding hydrogens is 354 g/mol. The van der Waals surface area contributed by atoms with Crippen LogP contribution in [0, 0.1) is 0 Å². The molecule has 0 spiro atoms. The summed E-state index contributed by atoms with van der Waals surface area (Å²) in [6.45, 7) is 2.00. The highest BCUT2D eigenvalue weighted by molar-refractivity contribution is 6.04. The Balaban J connectivity index is 1.81. The average molecular weight is 375 g/mol. The predicted molar refractivity (Wildman–Crippen MR) is 111 cm³/mol. The van der Waals surface area contributed by atoms with E-state index in [9.17, 15) is 9.90 Å². The van der Waals surface area contributed by atoms with E-state index in [0.717, 1.165) is 17.1 Å². The van der Waals surface area contributed by atoms with Gasteiger partial charge in [-0.1, -0.05) is 30.3 Å². The van der Waals surface area contributed by atoms with E-state index in [1.807, 2.05) is 55.5 Å². The number of carbonyl (C=O) groups excluding carboxylic acids is 1. The third kappa shape index (κ3) is 2.99. The van der Waals surface area contributed by atoms with Crippen LogP contribution in [-0.4, -0.2) is 24.4 Å². The molecule has 6 nitrogen and oxygen atoms in total. The minimum atomic E-state index is -0.398. The average Bonchev–Trinajstić information content (AvgIpc) is 2.72. The van der Waals surface area contributed by atoms with Gasteiger partial charge in [0.25, 0.3) is 0 Å². The molecule has 3 N–H and O–H groups in total. The number of carbonyl (C=O) groups is 1. The van der Waals surface area contributed by atoms with Gasteiger partial charge in [0.2, 0.25) is 0 Å². The van der Waals surface area contributed by atoms with Crippen molar-refractivity contribution in [1.82, 2.24) is 0 Å². The molecule has 1 heterocycles. The number of anilines is 5. The Morgan fingerprint density at radius 3 is 2.54 bits per heavy atom. The van der Waals surface area contributed by atoms with E-state index >= 15 is 0 Å². The summed E-state index contributed by atoms with van der Waals surface area (Å²) in [5, 5.41) is 16.9. The zero-order chi connectivity index (χ0) is 19.7. The molecule has 1 unspecified atom stereocenters. The number of hydrogen-bond acceptors (Lipinski definition) is 6. The molecule has 1 aliphatic heterocycles. The fourth-order valence-corrected chi connectivity index (χ4v) is 3.51. The highest BCUT2D eigenvalue weighted by Gasteiger charge is 2.29. The molecule has 3 aromatic carbocycles. The van der Waals surface area contributed by atoms with Crippen LogP contribution in [-0.2, 0) is 4.74 Å².